The summed E-state index contributed by atoms with van der Waals surface area (Å²) >= 11 is 6.25. The summed E-state index contributed by atoms with van der Waals surface area (Å²) in [5, 5.41) is 5.81. The molecule has 166 valence electrons. The minimum absolute atomic E-state index is 0.0453. The predicted octanol–water partition coefficient (Wildman–Crippen LogP) is 5.19. The third kappa shape index (κ3) is 3.06. The van der Waals surface area contributed by atoms with Gasteiger partial charge in [-0.2, -0.15) is 5.10 Å². The molecule has 3 heterocycles. The number of likely N-dealkylation sites (tertiary alicyclic amines) is 1. The normalized spacial score (nSPS) is 28.7. The van der Waals surface area contributed by atoms with Gasteiger partial charge < -0.3 is 9.64 Å². The van der Waals surface area contributed by atoms with Crippen molar-refractivity contribution in [3.63, 3.8) is 0 Å². The molecule has 1 saturated heterocycles. The van der Waals surface area contributed by atoms with Gasteiger partial charge in [0, 0.05) is 29.8 Å². The Hall–Kier alpha value is -1.89. The molecule has 0 radical (unpaired) electrons. The van der Waals surface area contributed by atoms with E-state index >= 15 is 4.39 Å². The van der Waals surface area contributed by atoms with E-state index in [0.717, 1.165) is 42.5 Å². The number of fused-ring (bicyclic) bond motifs is 2. The van der Waals surface area contributed by atoms with Crippen LogP contribution in [0.25, 0.3) is 10.9 Å². The summed E-state index contributed by atoms with van der Waals surface area (Å²) < 4.78 is 22.6. The minimum atomic E-state index is -0.500. The third-order valence-electron chi connectivity index (χ3n) is 7.40. The van der Waals surface area contributed by atoms with Crippen LogP contribution >= 0.6 is 11.6 Å². The van der Waals surface area contributed by atoms with E-state index in [9.17, 15) is 4.79 Å². The highest BCUT2D eigenvalue weighted by atomic mass is 35.5. The van der Waals surface area contributed by atoms with E-state index in [-0.39, 0.29) is 28.6 Å². The molecule has 2 aromatic rings. The Kier molecular flexibility index (Phi) is 3.90. The molecular weight excluding hydrogens is 419 g/mol. The van der Waals surface area contributed by atoms with Gasteiger partial charge in [-0.1, -0.05) is 18.5 Å². The first-order valence-corrected chi connectivity index (χ1v) is 11.7. The number of amides is 1. The standard InChI is InChI=1S/C23H28ClFN4O2/c1-22(2,3)31-21(30)28-9-12-13(10-28)14(12)17-15-18(29(27-17)11-5-6-11)16(25)20(24)26-19(15)23(4)7-8-23/h11-14H,5-10H2,1-4H3. The summed E-state index contributed by atoms with van der Waals surface area (Å²) in [6.45, 7) is 9.16. The molecule has 1 amide bonds. The molecule has 2 atom stereocenters. The summed E-state index contributed by atoms with van der Waals surface area (Å²) in [6.07, 6.45) is 3.86. The Morgan fingerprint density at radius 1 is 1.23 bits per heavy atom. The number of carbonyl (C=O) groups is 1. The largest absolute Gasteiger partial charge is 0.444 e. The zero-order valence-electron chi connectivity index (χ0n) is 18.4. The Morgan fingerprint density at radius 2 is 1.87 bits per heavy atom. The molecule has 31 heavy (non-hydrogen) atoms. The number of ether oxygens (including phenoxy) is 1. The van der Waals surface area contributed by atoms with Gasteiger partial charge in [0.2, 0.25) is 0 Å². The number of pyridine rings is 1. The summed E-state index contributed by atoms with van der Waals surface area (Å²) in [7, 11) is 0. The Balaban J connectivity index is 1.37. The fourth-order valence-corrected chi connectivity index (χ4v) is 5.46. The first-order chi connectivity index (χ1) is 14.6. The topological polar surface area (TPSA) is 60.2 Å². The SMILES string of the molecule is CC(C)(C)OC(=O)N1CC2C(C1)C2c1nn(C2CC2)c2c(F)c(Cl)nc(C3(C)CC3)c12. The van der Waals surface area contributed by atoms with Crippen LogP contribution < -0.4 is 0 Å². The zero-order valence-corrected chi connectivity index (χ0v) is 19.2. The van der Waals surface area contributed by atoms with Gasteiger partial charge in [0.25, 0.3) is 0 Å². The predicted molar refractivity (Wildman–Crippen MR) is 115 cm³/mol. The number of aromatic nitrogens is 3. The van der Waals surface area contributed by atoms with E-state index in [1.165, 1.54) is 0 Å². The van der Waals surface area contributed by atoms with Gasteiger partial charge in [0.15, 0.2) is 11.0 Å². The van der Waals surface area contributed by atoms with Gasteiger partial charge in [0.1, 0.15) is 11.1 Å². The molecule has 2 unspecified atom stereocenters. The molecule has 0 bridgehead atoms. The average molecular weight is 447 g/mol. The number of rotatable bonds is 3. The van der Waals surface area contributed by atoms with Crippen molar-refractivity contribution in [2.45, 2.75) is 76.4 Å². The maximum Gasteiger partial charge on any atom is 0.410 e. The Morgan fingerprint density at radius 3 is 2.42 bits per heavy atom. The molecule has 4 fully saturated rings. The molecule has 0 N–H and O–H groups in total. The van der Waals surface area contributed by atoms with Crippen LogP contribution in [0.5, 0.6) is 0 Å². The number of nitrogens with zero attached hydrogens (tertiary/aromatic N) is 4. The van der Waals surface area contributed by atoms with E-state index in [1.54, 1.807) is 4.90 Å². The first-order valence-electron chi connectivity index (χ1n) is 11.3. The van der Waals surface area contributed by atoms with Crippen molar-refractivity contribution in [2.75, 3.05) is 13.1 Å². The summed E-state index contributed by atoms with van der Waals surface area (Å²) in [6, 6.07) is 0.251. The fraction of sp³-hybridized carbons (Fsp3) is 0.696. The van der Waals surface area contributed by atoms with Crippen molar-refractivity contribution in [1.29, 1.82) is 0 Å². The van der Waals surface area contributed by atoms with E-state index in [0.29, 0.717) is 30.4 Å². The van der Waals surface area contributed by atoms with Crippen LogP contribution in [0.2, 0.25) is 5.15 Å². The van der Waals surface area contributed by atoms with Gasteiger partial charge in [-0.25, -0.2) is 14.2 Å². The Labute approximate surface area is 186 Å². The number of piperidine rings is 1. The van der Waals surface area contributed by atoms with E-state index in [2.05, 4.69) is 11.9 Å². The van der Waals surface area contributed by atoms with Crippen LogP contribution in [0.1, 0.15) is 76.7 Å². The molecule has 6 rings (SSSR count). The van der Waals surface area contributed by atoms with Crippen LogP contribution in [0, 0.1) is 17.7 Å². The Bertz CT molecular complexity index is 1100. The summed E-state index contributed by atoms with van der Waals surface area (Å²) in [5.74, 6) is 0.481. The maximum atomic E-state index is 15.2. The van der Waals surface area contributed by atoms with E-state index < -0.39 is 11.4 Å². The molecule has 1 aliphatic heterocycles. The maximum absolute atomic E-state index is 15.2. The van der Waals surface area contributed by atoms with Gasteiger partial charge in [-0.05, 0) is 58.3 Å². The first kappa shape index (κ1) is 19.8. The molecule has 4 aliphatic rings. The van der Waals surface area contributed by atoms with Crippen molar-refractivity contribution >= 4 is 28.6 Å². The number of carbonyl (C=O) groups excluding carboxylic acids is 1. The van der Waals surface area contributed by atoms with Crippen molar-refractivity contribution in [3.05, 3.63) is 22.4 Å². The molecule has 8 heteroatoms. The molecule has 0 aromatic carbocycles. The highest BCUT2D eigenvalue weighted by molar-refractivity contribution is 6.30. The molecule has 2 aromatic heterocycles. The van der Waals surface area contributed by atoms with Crippen molar-refractivity contribution in [3.8, 4) is 0 Å². The molecule has 6 nitrogen and oxygen atoms in total. The molecule has 0 spiro atoms. The minimum Gasteiger partial charge on any atom is -0.444 e. The molecule has 3 aliphatic carbocycles. The third-order valence-corrected chi connectivity index (χ3v) is 7.65. The van der Waals surface area contributed by atoms with Gasteiger partial charge >= 0.3 is 6.09 Å². The summed E-state index contributed by atoms with van der Waals surface area (Å²) in [5.41, 5.74) is 1.86. The fourth-order valence-electron chi connectivity index (χ4n) is 5.28. The highest BCUT2D eigenvalue weighted by Gasteiger charge is 2.60. The molecular formula is C23H28ClFN4O2. The van der Waals surface area contributed by atoms with Crippen LogP contribution in [-0.2, 0) is 10.2 Å². The quantitative estimate of drug-likeness (QED) is 0.608. The smallest absolute Gasteiger partial charge is 0.410 e. The highest BCUT2D eigenvalue weighted by Crippen LogP contribution is 2.61. The van der Waals surface area contributed by atoms with Crippen LogP contribution in [0.3, 0.4) is 0 Å². The monoisotopic (exact) mass is 446 g/mol. The van der Waals surface area contributed by atoms with Gasteiger partial charge in [0.05, 0.1) is 17.4 Å². The summed E-state index contributed by atoms with van der Waals surface area (Å²) in [4.78, 5) is 18.8. The number of hydrogen-bond donors (Lipinski definition) is 0. The second-order valence-corrected chi connectivity index (χ2v) is 11.5. The zero-order chi connectivity index (χ0) is 21.9. The van der Waals surface area contributed by atoms with Crippen LogP contribution in [-0.4, -0.2) is 44.4 Å². The lowest BCUT2D eigenvalue weighted by molar-refractivity contribution is 0.0271. The lowest BCUT2D eigenvalue weighted by Gasteiger charge is -2.25. The van der Waals surface area contributed by atoms with E-state index in [4.69, 9.17) is 21.4 Å². The number of hydrogen-bond acceptors (Lipinski definition) is 4. The van der Waals surface area contributed by atoms with Crippen LogP contribution in [0.15, 0.2) is 0 Å². The second-order valence-electron chi connectivity index (χ2n) is 11.1. The lowest BCUT2D eigenvalue weighted by atomic mass is 9.97. The van der Waals surface area contributed by atoms with Crippen molar-refractivity contribution < 1.29 is 13.9 Å². The lowest BCUT2D eigenvalue weighted by Crippen LogP contribution is -2.36. The molecule has 3 saturated carbocycles. The van der Waals surface area contributed by atoms with E-state index in [1.807, 2.05) is 25.5 Å². The van der Waals surface area contributed by atoms with Crippen molar-refractivity contribution in [1.82, 2.24) is 19.7 Å². The van der Waals surface area contributed by atoms with Crippen LogP contribution in [0.4, 0.5) is 9.18 Å². The van der Waals surface area contributed by atoms with Gasteiger partial charge in [-0.15, -0.1) is 0 Å². The van der Waals surface area contributed by atoms with Gasteiger partial charge in [-0.3, -0.25) is 4.68 Å². The number of halogens is 2. The van der Waals surface area contributed by atoms with Crippen molar-refractivity contribution in [2.24, 2.45) is 11.8 Å². The average Bonchev–Trinajstić information content (AvgIpc) is 3.65. The second kappa shape index (κ2) is 6.12.